The number of hydrogen-bond acceptors (Lipinski definition) is 2. The highest BCUT2D eigenvalue weighted by atomic mass is 16.6. The minimum atomic E-state index is -0.358. The molecule has 0 saturated heterocycles. The van der Waals surface area contributed by atoms with Gasteiger partial charge in [-0.3, -0.25) is 10.1 Å². The van der Waals surface area contributed by atoms with Crippen LogP contribution in [0.4, 0.5) is 5.69 Å². The molecule has 0 aliphatic heterocycles. The van der Waals surface area contributed by atoms with Crippen LogP contribution in [0.15, 0.2) is 36.5 Å². The Labute approximate surface area is 86.7 Å². The van der Waals surface area contributed by atoms with Gasteiger partial charge >= 0.3 is 0 Å². The number of aromatic nitrogens is 1. The normalized spacial score (nSPS) is 10.2. The molecule has 1 aromatic heterocycles. The van der Waals surface area contributed by atoms with E-state index in [9.17, 15) is 10.1 Å². The van der Waals surface area contributed by atoms with Crippen LogP contribution in [0.5, 0.6) is 0 Å². The number of rotatable bonds is 2. The second kappa shape index (κ2) is 3.57. The topological polar surface area (TPSA) is 58.9 Å². The van der Waals surface area contributed by atoms with Crippen LogP contribution in [0.3, 0.4) is 0 Å². The second-order valence-electron chi connectivity index (χ2n) is 3.36. The summed E-state index contributed by atoms with van der Waals surface area (Å²) in [6.45, 7) is 1.84. The minimum absolute atomic E-state index is 0.137. The fourth-order valence-corrected chi connectivity index (χ4v) is 1.52. The zero-order valence-electron chi connectivity index (χ0n) is 8.23. The summed E-state index contributed by atoms with van der Waals surface area (Å²) in [7, 11) is 0. The molecule has 15 heavy (non-hydrogen) atoms. The zero-order valence-corrected chi connectivity index (χ0v) is 8.23. The number of aromatic amines is 1. The van der Waals surface area contributed by atoms with E-state index in [-0.39, 0.29) is 10.6 Å². The molecule has 0 spiro atoms. The zero-order chi connectivity index (χ0) is 10.8. The Bertz CT molecular complexity index is 489. The van der Waals surface area contributed by atoms with Crippen LogP contribution in [-0.4, -0.2) is 9.91 Å². The van der Waals surface area contributed by atoms with E-state index in [0.29, 0.717) is 5.56 Å². The van der Waals surface area contributed by atoms with Crippen LogP contribution in [-0.2, 0) is 0 Å². The Hall–Kier alpha value is -2.10. The number of nitrogens with zero attached hydrogens (tertiary/aromatic N) is 1. The number of benzene rings is 1. The number of hydrogen-bond donors (Lipinski definition) is 1. The fraction of sp³-hybridized carbons (Fsp3) is 0.0909. The molecule has 0 radical (unpaired) electrons. The maximum atomic E-state index is 10.9. The molecular formula is C11H10N2O2. The molecular weight excluding hydrogens is 192 g/mol. The van der Waals surface area contributed by atoms with Gasteiger partial charge in [0.05, 0.1) is 16.2 Å². The van der Waals surface area contributed by atoms with Gasteiger partial charge in [0.15, 0.2) is 0 Å². The average Bonchev–Trinajstić information content (AvgIpc) is 2.70. The van der Waals surface area contributed by atoms with E-state index in [1.54, 1.807) is 18.3 Å². The van der Waals surface area contributed by atoms with E-state index in [0.717, 1.165) is 11.3 Å². The molecule has 0 unspecified atom stereocenters. The quantitative estimate of drug-likeness (QED) is 0.601. The SMILES string of the molecule is Cc1ccc(-c2ccc[nH]2)c([N+](=O)[O-])c1. The van der Waals surface area contributed by atoms with Crippen molar-refractivity contribution in [2.45, 2.75) is 6.92 Å². The van der Waals surface area contributed by atoms with Crippen molar-refractivity contribution in [3.63, 3.8) is 0 Å². The van der Waals surface area contributed by atoms with Crippen molar-refractivity contribution in [2.24, 2.45) is 0 Å². The predicted molar refractivity (Wildman–Crippen MR) is 57.6 cm³/mol. The lowest BCUT2D eigenvalue weighted by atomic mass is 10.1. The molecule has 0 aliphatic carbocycles. The maximum absolute atomic E-state index is 10.9. The first-order chi connectivity index (χ1) is 7.18. The fourth-order valence-electron chi connectivity index (χ4n) is 1.52. The van der Waals surface area contributed by atoms with Crippen molar-refractivity contribution < 1.29 is 4.92 Å². The molecule has 2 rings (SSSR count). The average molecular weight is 202 g/mol. The molecule has 0 fully saturated rings. The molecule has 0 bridgehead atoms. The largest absolute Gasteiger partial charge is 0.361 e. The molecule has 0 atom stereocenters. The summed E-state index contributed by atoms with van der Waals surface area (Å²) in [6, 6.07) is 8.84. The van der Waals surface area contributed by atoms with E-state index < -0.39 is 0 Å². The van der Waals surface area contributed by atoms with Gasteiger partial charge in [0.1, 0.15) is 0 Å². The number of nitro groups is 1. The lowest BCUT2D eigenvalue weighted by Gasteiger charge is -2.01. The van der Waals surface area contributed by atoms with Gasteiger partial charge in [-0.25, -0.2) is 0 Å². The lowest BCUT2D eigenvalue weighted by molar-refractivity contribution is -0.384. The molecule has 1 heterocycles. The van der Waals surface area contributed by atoms with Crippen molar-refractivity contribution >= 4 is 5.69 Å². The second-order valence-corrected chi connectivity index (χ2v) is 3.36. The number of H-pyrrole nitrogens is 1. The molecule has 76 valence electrons. The van der Waals surface area contributed by atoms with Gasteiger partial charge in [0.25, 0.3) is 5.69 Å². The van der Waals surface area contributed by atoms with E-state index in [1.165, 1.54) is 0 Å². The Morgan fingerprint density at radius 3 is 2.73 bits per heavy atom. The van der Waals surface area contributed by atoms with E-state index >= 15 is 0 Å². The smallest absolute Gasteiger partial charge is 0.278 e. The van der Waals surface area contributed by atoms with Gasteiger partial charge in [-0.05, 0) is 30.7 Å². The Kier molecular flexibility index (Phi) is 2.25. The van der Waals surface area contributed by atoms with Crippen molar-refractivity contribution in [3.8, 4) is 11.3 Å². The molecule has 0 aliphatic rings. The van der Waals surface area contributed by atoms with Crippen molar-refractivity contribution in [2.75, 3.05) is 0 Å². The van der Waals surface area contributed by atoms with Gasteiger partial charge in [-0.2, -0.15) is 0 Å². The van der Waals surface area contributed by atoms with Gasteiger partial charge in [-0.1, -0.05) is 6.07 Å². The highest BCUT2D eigenvalue weighted by Gasteiger charge is 2.15. The molecule has 2 aromatic rings. The third kappa shape index (κ3) is 1.74. The Balaban J connectivity index is 2.61. The van der Waals surface area contributed by atoms with Crippen LogP contribution in [0.25, 0.3) is 11.3 Å². The highest BCUT2D eigenvalue weighted by molar-refractivity contribution is 5.71. The molecule has 4 nitrogen and oxygen atoms in total. The molecule has 0 saturated carbocycles. The first-order valence-electron chi connectivity index (χ1n) is 4.57. The minimum Gasteiger partial charge on any atom is -0.361 e. The van der Waals surface area contributed by atoms with Gasteiger partial charge in [0.2, 0.25) is 0 Å². The molecule has 1 N–H and O–H groups in total. The van der Waals surface area contributed by atoms with Crippen molar-refractivity contribution in [1.82, 2.24) is 4.98 Å². The van der Waals surface area contributed by atoms with Crippen LogP contribution in [0.1, 0.15) is 5.56 Å². The summed E-state index contributed by atoms with van der Waals surface area (Å²) in [6.07, 6.45) is 1.75. The third-order valence-electron chi connectivity index (χ3n) is 2.24. The van der Waals surface area contributed by atoms with E-state index in [4.69, 9.17) is 0 Å². The number of nitrogens with one attached hydrogen (secondary N) is 1. The van der Waals surface area contributed by atoms with Crippen LogP contribution < -0.4 is 0 Å². The number of nitro benzene ring substituents is 1. The summed E-state index contributed by atoms with van der Waals surface area (Å²) in [5.41, 5.74) is 2.41. The summed E-state index contributed by atoms with van der Waals surface area (Å²) < 4.78 is 0. The molecule has 1 aromatic carbocycles. The molecule has 0 amide bonds. The lowest BCUT2D eigenvalue weighted by Crippen LogP contribution is -1.92. The third-order valence-corrected chi connectivity index (χ3v) is 2.24. The van der Waals surface area contributed by atoms with Gasteiger partial charge in [0, 0.05) is 12.3 Å². The maximum Gasteiger partial charge on any atom is 0.278 e. The first-order valence-corrected chi connectivity index (χ1v) is 4.57. The van der Waals surface area contributed by atoms with Crippen LogP contribution >= 0.6 is 0 Å². The monoisotopic (exact) mass is 202 g/mol. The summed E-state index contributed by atoms with van der Waals surface area (Å²) in [5, 5.41) is 10.9. The van der Waals surface area contributed by atoms with E-state index in [1.807, 2.05) is 25.1 Å². The Morgan fingerprint density at radius 1 is 1.33 bits per heavy atom. The summed E-state index contributed by atoms with van der Waals surface area (Å²) in [5.74, 6) is 0. The van der Waals surface area contributed by atoms with Gasteiger partial charge < -0.3 is 4.98 Å². The summed E-state index contributed by atoms with van der Waals surface area (Å²) in [4.78, 5) is 13.5. The number of aryl methyl sites for hydroxylation is 1. The van der Waals surface area contributed by atoms with Gasteiger partial charge in [-0.15, -0.1) is 0 Å². The van der Waals surface area contributed by atoms with Crippen molar-refractivity contribution in [1.29, 1.82) is 0 Å². The van der Waals surface area contributed by atoms with Crippen LogP contribution in [0, 0.1) is 17.0 Å². The Morgan fingerprint density at radius 2 is 2.13 bits per heavy atom. The molecule has 4 heteroatoms. The van der Waals surface area contributed by atoms with E-state index in [2.05, 4.69) is 4.98 Å². The standard InChI is InChI=1S/C11H10N2O2/c1-8-4-5-9(10-3-2-6-12-10)11(7-8)13(14)15/h2-7,12H,1H3. The summed E-state index contributed by atoms with van der Waals surface area (Å²) >= 11 is 0. The predicted octanol–water partition coefficient (Wildman–Crippen LogP) is 2.90. The van der Waals surface area contributed by atoms with Crippen molar-refractivity contribution in [3.05, 3.63) is 52.2 Å². The highest BCUT2D eigenvalue weighted by Crippen LogP contribution is 2.29. The first kappa shape index (κ1) is 9.45. The van der Waals surface area contributed by atoms with Crippen LogP contribution in [0.2, 0.25) is 0 Å².